The van der Waals surface area contributed by atoms with Crippen LogP contribution in [0.1, 0.15) is 32.3 Å². The Balaban J connectivity index is 2.09. The van der Waals surface area contributed by atoms with Crippen LogP contribution >= 0.6 is 0 Å². The zero-order valence-corrected chi connectivity index (χ0v) is 11.8. The van der Waals surface area contributed by atoms with Gasteiger partial charge in [0.25, 0.3) is 0 Å². The molecule has 0 aliphatic rings. The molecule has 1 nitrogen and oxygen atoms in total. The van der Waals surface area contributed by atoms with Crippen LogP contribution in [0.2, 0.25) is 0 Å². The second kappa shape index (κ2) is 6.42. The van der Waals surface area contributed by atoms with E-state index in [0.29, 0.717) is 5.75 Å². The standard InChI is InChI=1S/C18H22O/c1-3-14(2)8-9-15-10-12-16(13-11-15)17-6-4-5-7-18(17)19/h4-7,10-14,19H,3,8-9H2,1-2H3. The van der Waals surface area contributed by atoms with Crippen molar-refractivity contribution in [3.05, 3.63) is 54.1 Å². The predicted octanol–water partition coefficient (Wildman–Crippen LogP) is 5.04. The normalized spacial score (nSPS) is 12.3. The van der Waals surface area contributed by atoms with Crippen molar-refractivity contribution in [1.82, 2.24) is 0 Å². The highest BCUT2D eigenvalue weighted by Gasteiger charge is 2.04. The summed E-state index contributed by atoms with van der Waals surface area (Å²) >= 11 is 0. The molecule has 2 aromatic rings. The van der Waals surface area contributed by atoms with Gasteiger partial charge in [-0.1, -0.05) is 62.7 Å². The summed E-state index contributed by atoms with van der Waals surface area (Å²) in [6.07, 6.45) is 3.62. The van der Waals surface area contributed by atoms with Gasteiger partial charge in [-0.05, 0) is 36.0 Å². The fourth-order valence-corrected chi connectivity index (χ4v) is 2.19. The summed E-state index contributed by atoms with van der Waals surface area (Å²) in [7, 11) is 0. The first-order valence-corrected chi connectivity index (χ1v) is 7.08. The molecule has 0 bridgehead atoms. The summed E-state index contributed by atoms with van der Waals surface area (Å²) in [5.41, 5.74) is 3.35. The van der Waals surface area contributed by atoms with Crippen molar-refractivity contribution < 1.29 is 5.11 Å². The van der Waals surface area contributed by atoms with Gasteiger partial charge < -0.3 is 5.11 Å². The second-order valence-electron chi connectivity index (χ2n) is 5.27. The molecule has 0 aliphatic heterocycles. The van der Waals surface area contributed by atoms with E-state index in [0.717, 1.165) is 23.5 Å². The highest BCUT2D eigenvalue weighted by Crippen LogP contribution is 2.28. The maximum atomic E-state index is 9.84. The van der Waals surface area contributed by atoms with Crippen LogP contribution in [0.5, 0.6) is 5.75 Å². The molecule has 2 aromatic carbocycles. The molecule has 0 spiro atoms. The largest absolute Gasteiger partial charge is 0.507 e. The second-order valence-corrected chi connectivity index (χ2v) is 5.27. The highest BCUT2D eigenvalue weighted by molar-refractivity contribution is 5.69. The third kappa shape index (κ3) is 3.60. The molecule has 1 N–H and O–H groups in total. The molecule has 0 fully saturated rings. The number of phenols is 1. The van der Waals surface area contributed by atoms with Crippen molar-refractivity contribution in [3.63, 3.8) is 0 Å². The summed E-state index contributed by atoms with van der Waals surface area (Å²) in [6.45, 7) is 4.54. The van der Waals surface area contributed by atoms with Crippen LogP contribution in [0.15, 0.2) is 48.5 Å². The van der Waals surface area contributed by atoms with Gasteiger partial charge in [-0.15, -0.1) is 0 Å². The van der Waals surface area contributed by atoms with E-state index in [9.17, 15) is 5.11 Å². The molecule has 19 heavy (non-hydrogen) atoms. The van der Waals surface area contributed by atoms with Gasteiger partial charge in [-0.3, -0.25) is 0 Å². The van der Waals surface area contributed by atoms with E-state index in [1.807, 2.05) is 18.2 Å². The van der Waals surface area contributed by atoms with Gasteiger partial charge in [0.2, 0.25) is 0 Å². The summed E-state index contributed by atoms with van der Waals surface area (Å²) in [6, 6.07) is 16.0. The fourth-order valence-electron chi connectivity index (χ4n) is 2.19. The minimum atomic E-state index is 0.342. The van der Waals surface area contributed by atoms with Crippen LogP contribution in [-0.4, -0.2) is 5.11 Å². The van der Waals surface area contributed by atoms with Gasteiger partial charge in [0.15, 0.2) is 0 Å². The Bertz CT molecular complexity index is 513. The lowest BCUT2D eigenvalue weighted by Gasteiger charge is -2.09. The number of benzene rings is 2. The number of hydrogen-bond donors (Lipinski definition) is 1. The van der Waals surface area contributed by atoms with Crippen molar-refractivity contribution in [1.29, 1.82) is 0 Å². The molecule has 2 rings (SSSR count). The van der Waals surface area contributed by atoms with Crippen LogP contribution < -0.4 is 0 Å². The number of aromatic hydroxyl groups is 1. The lowest BCUT2D eigenvalue weighted by Crippen LogP contribution is -1.95. The van der Waals surface area contributed by atoms with Crippen LogP contribution in [0.25, 0.3) is 11.1 Å². The molecule has 0 heterocycles. The SMILES string of the molecule is CCC(C)CCc1ccc(-c2ccccc2O)cc1. The summed E-state index contributed by atoms with van der Waals surface area (Å²) in [5, 5.41) is 9.84. The molecule has 0 aliphatic carbocycles. The highest BCUT2D eigenvalue weighted by atomic mass is 16.3. The maximum Gasteiger partial charge on any atom is 0.123 e. The van der Waals surface area contributed by atoms with Crippen molar-refractivity contribution >= 4 is 0 Å². The van der Waals surface area contributed by atoms with E-state index in [1.165, 1.54) is 18.4 Å². The molecular weight excluding hydrogens is 232 g/mol. The quantitative estimate of drug-likeness (QED) is 0.792. The number of rotatable bonds is 5. The summed E-state index contributed by atoms with van der Waals surface area (Å²) in [4.78, 5) is 0. The van der Waals surface area contributed by atoms with Crippen molar-refractivity contribution in [2.75, 3.05) is 0 Å². The molecule has 0 saturated carbocycles. The number of phenolic OH excluding ortho intramolecular Hbond substituents is 1. The third-order valence-corrected chi connectivity index (χ3v) is 3.79. The Morgan fingerprint density at radius 3 is 2.32 bits per heavy atom. The van der Waals surface area contributed by atoms with Crippen molar-refractivity contribution in [2.24, 2.45) is 5.92 Å². The summed E-state index contributed by atoms with van der Waals surface area (Å²) < 4.78 is 0. The average molecular weight is 254 g/mol. The zero-order valence-electron chi connectivity index (χ0n) is 11.8. The lowest BCUT2D eigenvalue weighted by atomic mass is 9.97. The van der Waals surface area contributed by atoms with Gasteiger partial charge in [-0.25, -0.2) is 0 Å². The molecule has 100 valence electrons. The summed E-state index contributed by atoms with van der Waals surface area (Å²) in [5.74, 6) is 1.13. The van der Waals surface area contributed by atoms with Crippen molar-refractivity contribution in [2.45, 2.75) is 33.1 Å². The Hall–Kier alpha value is -1.76. The molecule has 0 saturated heterocycles. The number of hydrogen-bond acceptors (Lipinski definition) is 1. The van der Waals surface area contributed by atoms with Gasteiger partial charge in [0.1, 0.15) is 5.75 Å². The van der Waals surface area contributed by atoms with E-state index in [-0.39, 0.29) is 0 Å². The molecule has 0 amide bonds. The van der Waals surface area contributed by atoms with Gasteiger partial charge >= 0.3 is 0 Å². The van der Waals surface area contributed by atoms with Crippen molar-refractivity contribution in [3.8, 4) is 16.9 Å². The smallest absolute Gasteiger partial charge is 0.123 e. The zero-order chi connectivity index (χ0) is 13.7. The molecule has 1 heteroatoms. The van der Waals surface area contributed by atoms with Crippen LogP contribution in [0.4, 0.5) is 0 Å². The fraction of sp³-hybridized carbons (Fsp3) is 0.333. The first kappa shape index (κ1) is 13.7. The van der Waals surface area contributed by atoms with E-state index in [4.69, 9.17) is 0 Å². The topological polar surface area (TPSA) is 20.2 Å². The molecular formula is C18H22O. The Kier molecular flexibility index (Phi) is 4.62. The van der Waals surface area contributed by atoms with Crippen LogP contribution in [0, 0.1) is 5.92 Å². The third-order valence-electron chi connectivity index (χ3n) is 3.79. The Morgan fingerprint density at radius 2 is 1.68 bits per heavy atom. The van der Waals surface area contributed by atoms with E-state index in [1.54, 1.807) is 6.07 Å². The van der Waals surface area contributed by atoms with Gasteiger partial charge in [0.05, 0.1) is 0 Å². The molecule has 1 atom stereocenters. The first-order valence-electron chi connectivity index (χ1n) is 7.08. The number of aryl methyl sites for hydroxylation is 1. The van der Waals surface area contributed by atoms with Crippen LogP contribution in [0.3, 0.4) is 0 Å². The van der Waals surface area contributed by atoms with E-state index >= 15 is 0 Å². The van der Waals surface area contributed by atoms with Gasteiger partial charge in [-0.2, -0.15) is 0 Å². The minimum Gasteiger partial charge on any atom is -0.507 e. The molecule has 1 unspecified atom stereocenters. The minimum absolute atomic E-state index is 0.342. The lowest BCUT2D eigenvalue weighted by molar-refractivity contribution is 0.477. The molecule has 0 radical (unpaired) electrons. The Labute approximate surface area is 115 Å². The molecule has 0 aromatic heterocycles. The average Bonchev–Trinajstić information content (AvgIpc) is 2.46. The maximum absolute atomic E-state index is 9.84. The van der Waals surface area contributed by atoms with Crippen LogP contribution in [-0.2, 0) is 6.42 Å². The predicted molar refractivity (Wildman–Crippen MR) is 81.3 cm³/mol. The van der Waals surface area contributed by atoms with Gasteiger partial charge in [0, 0.05) is 5.56 Å². The van der Waals surface area contributed by atoms with E-state index in [2.05, 4.69) is 38.1 Å². The number of para-hydroxylation sites is 1. The first-order chi connectivity index (χ1) is 9.20. The van der Waals surface area contributed by atoms with E-state index < -0.39 is 0 Å². The Morgan fingerprint density at radius 1 is 1.00 bits per heavy atom. The monoisotopic (exact) mass is 254 g/mol.